The van der Waals surface area contributed by atoms with Gasteiger partial charge in [0.15, 0.2) is 0 Å². The van der Waals surface area contributed by atoms with E-state index in [4.69, 9.17) is 14.7 Å². The normalized spacial score (nSPS) is 14.3. The molecule has 2 aromatic heterocycles. The Kier molecular flexibility index (Phi) is 6.93. The summed E-state index contributed by atoms with van der Waals surface area (Å²) in [5.41, 5.74) is 5.22. The van der Waals surface area contributed by atoms with Crippen LogP contribution in [0.4, 0.5) is 17.5 Å². The van der Waals surface area contributed by atoms with Gasteiger partial charge in [0.2, 0.25) is 5.95 Å². The van der Waals surface area contributed by atoms with Crippen LogP contribution in [0.25, 0.3) is 5.69 Å². The molecule has 1 unspecified atom stereocenters. The lowest BCUT2D eigenvalue weighted by molar-refractivity contribution is 0.361. The fraction of sp³-hybridized carbons (Fsp3) is 0.286. The minimum absolute atomic E-state index is 0.261. The highest BCUT2D eigenvalue weighted by molar-refractivity contribution is 5.64. The summed E-state index contributed by atoms with van der Waals surface area (Å²) in [6.45, 7) is 9.03. The van der Waals surface area contributed by atoms with E-state index >= 15 is 0 Å². The highest BCUT2D eigenvalue weighted by Gasteiger charge is 2.29. The van der Waals surface area contributed by atoms with E-state index in [1.165, 1.54) is 11.1 Å². The number of benzene rings is 2. The Balaban J connectivity index is 1.50. The number of aryl methyl sites for hydroxylation is 1. The van der Waals surface area contributed by atoms with Crippen LogP contribution >= 0.6 is 0 Å². The van der Waals surface area contributed by atoms with Gasteiger partial charge in [0.25, 0.3) is 0 Å². The van der Waals surface area contributed by atoms with E-state index in [9.17, 15) is 0 Å². The highest BCUT2D eigenvalue weighted by Crippen LogP contribution is 2.40. The molecule has 1 aliphatic rings. The highest BCUT2D eigenvalue weighted by atomic mass is 16.5. The smallest absolute Gasteiger partial charge is 0.229 e. The minimum atomic E-state index is 0.261. The lowest BCUT2D eigenvalue weighted by atomic mass is 9.97. The zero-order valence-corrected chi connectivity index (χ0v) is 20.7. The van der Waals surface area contributed by atoms with Crippen LogP contribution in [-0.2, 0) is 6.42 Å². The van der Waals surface area contributed by atoms with E-state index in [-0.39, 0.29) is 5.92 Å². The van der Waals surface area contributed by atoms with Gasteiger partial charge in [-0.2, -0.15) is 10.1 Å². The molecule has 2 aromatic carbocycles. The standard InChI is InChI=1S/C28H31N7O/c1-4-15-29-27-23-13-12-22(20-9-7-6-8-10-20)26(23)32-28(33-27)31-21-11-14-24(25(17-21)36-16-5-2)35-18-30-19(3)34-35/h5-11,14,17-18,22H,2,4,12-13,15-16H2,1,3H3,(H2,29,31,32,33). The molecule has 4 aromatic rings. The van der Waals surface area contributed by atoms with E-state index in [1.54, 1.807) is 17.1 Å². The van der Waals surface area contributed by atoms with Crippen molar-refractivity contribution < 1.29 is 4.74 Å². The van der Waals surface area contributed by atoms with Crippen molar-refractivity contribution in [1.82, 2.24) is 24.7 Å². The monoisotopic (exact) mass is 481 g/mol. The second-order valence-electron chi connectivity index (χ2n) is 8.83. The fourth-order valence-electron chi connectivity index (χ4n) is 4.55. The molecule has 0 amide bonds. The van der Waals surface area contributed by atoms with Gasteiger partial charge in [-0.05, 0) is 43.9 Å². The first-order valence-electron chi connectivity index (χ1n) is 12.4. The van der Waals surface area contributed by atoms with Crippen molar-refractivity contribution in [2.24, 2.45) is 0 Å². The summed E-state index contributed by atoms with van der Waals surface area (Å²) in [6, 6.07) is 16.4. The van der Waals surface area contributed by atoms with Gasteiger partial charge in [-0.15, -0.1) is 0 Å². The van der Waals surface area contributed by atoms with Crippen molar-refractivity contribution in [3.8, 4) is 11.4 Å². The molecule has 0 saturated heterocycles. The lowest BCUT2D eigenvalue weighted by Gasteiger charge is -2.16. The van der Waals surface area contributed by atoms with Crippen molar-refractivity contribution in [2.75, 3.05) is 23.8 Å². The van der Waals surface area contributed by atoms with Gasteiger partial charge < -0.3 is 15.4 Å². The molecule has 2 N–H and O–H groups in total. The SMILES string of the molecule is C=CCOc1cc(Nc2nc(NCCC)c3c(n2)C(c2ccccc2)CC3)ccc1-n1cnc(C)n1. The first kappa shape index (κ1) is 23.5. The third-order valence-electron chi connectivity index (χ3n) is 6.22. The topological polar surface area (TPSA) is 89.8 Å². The van der Waals surface area contributed by atoms with Crippen molar-refractivity contribution in [3.05, 3.63) is 90.2 Å². The zero-order chi connectivity index (χ0) is 24.9. The van der Waals surface area contributed by atoms with Gasteiger partial charge in [0, 0.05) is 29.8 Å². The molecule has 0 radical (unpaired) electrons. The molecule has 0 aliphatic heterocycles. The van der Waals surface area contributed by atoms with Gasteiger partial charge in [-0.1, -0.05) is 49.9 Å². The van der Waals surface area contributed by atoms with Crippen LogP contribution in [0.2, 0.25) is 0 Å². The molecular weight excluding hydrogens is 450 g/mol. The van der Waals surface area contributed by atoms with Gasteiger partial charge in [-0.3, -0.25) is 0 Å². The quantitative estimate of drug-likeness (QED) is 0.286. The third-order valence-corrected chi connectivity index (χ3v) is 6.22. The van der Waals surface area contributed by atoms with E-state index in [2.05, 4.69) is 64.6 Å². The summed E-state index contributed by atoms with van der Waals surface area (Å²) in [5, 5.41) is 11.4. The van der Waals surface area contributed by atoms with Crippen LogP contribution in [0.1, 0.15) is 48.3 Å². The number of rotatable bonds is 10. The summed E-state index contributed by atoms with van der Waals surface area (Å²) in [7, 11) is 0. The van der Waals surface area contributed by atoms with Crippen LogP contribution in [0, 0.1) is 6.92 Å². The minimum Gasteiger partial charge on any atom is -0.487 e. The molecule has 36 heavy (non-hydrogen) atoms. The first-order chi connectivity index (χ1) is 17.7. The molecule has 184 valence electrons. The molecule has 8 heteroatoms. The molecule has 0 bridgehead atoms. The Morgan fingerprint density at radius 2 is 2.03 bits per heavy atom. The maximum Gasteiger partial charge on any atom is 0.229 e. The number of nitrogens with one attached hydrogen (secondary N) is 2. The average Bonchev–Trinajstić information content (AvgIpc) is 3.53. The van der Waals surface area contributed by atoms with Crippen LogP contribution in [-0.4, -0.2) is 37.9 Å². The maximum atomic E-state index is 5.95. The molecule has 1 atom stereocenters. The first-order valence-corrected chi connectivity index (χ1v) is 12.4. The van der Waals surface area contributed by atoms with E-state index < -0.39 is 0 Å². The molecule has 1 aliphatic carbocycles. The number of aromatic nitrogens is 5. The van der Waals surface area contributed by atoms with Crippen LogP contribution < -0.4 is 15.4 Å². The van der Waals surface area contributed by atoms with Gasteiger partial charge >= 0.3 is 0 Å². The van der Waals surface area contributed by atoms with E-state index in [0.717, 1.165) is 48.7 Å². The van der Waals surface area contributed by atoms with Crippen LogP contribution in [0.5, 0.6) is 5.75 Å². The summed E-state index contributed by atoms with van der Waals surface area (Å²) in [5.74, 6) is 3.10. The number of anilines is 3. The largest absolute Gasteiger partial charge is 0.487 e. The number of fused-ring (bicyclic) bond motifs is 1. The molecule has 0 spiro atoms. The van der Waals surface area contributed by atoms with E-state index in [1.807, 2.05) is 25.1 Å². The maximum absolute atomic E-state index is 5.95. The third kappa shape index (κ3) is 4.93. The second kappa shape index (κ2) is 10.6. The Hall–Kier alpha value is -4.20. The Morgan fingerprint density at radius 3 is 2.78 bits per heavy atom. The summed E-state index contributed by atoms with van der Waals surface area (Å²) >= 11 is 0. The van der Waals surface area contributed by atoms with Crippen molar-refractivity contribution >= 4 is 17.5 Å². The number of hydrogen-bond acceptors (Lipinski definition) is 7. The Labute approximate surface area is 211 Å². The summed E-state index contributed by atoms with van der Waals surface area (Å²) in [6.07, 6.45) is 6.42. The average molecular weight is 482 g/mol. The lowest BCUT2D eigenvalue weighted by Crippen LogP contribution is -2.10. The van der Waals surface area contributed by atoms with Crippen molar-refractivity contribution in [3.63, 3.8) is 0 Å². The summed E-state index contributed by atoms with van der Waals surface area (Å²) < 4.78 is 7.66. The molecule has 0 fully saturated rings. The van der Waals surface area contributed by atoms with Gasteiger partial charge in [-0.25, -0.2) is 14.6 Å². The molecule has 2 heterocycles. The molecule has 5 rings (SSSR count). The molecule has 0 saturated carbocycles. The Bertz CT molecular complexity index is 1350. The molecule has 8 nitrogen and oxygen atoms in total. The summed E-state index contributed by atoms with van der Waals surface area (Å²) in [4.78, 5) is 14.1. The fourth-order valence-corrected chi connectivity index (χ4v) is 4.55. The Morgan fingerprint density at radius 1 is 1.17 bits per heavy atom. The van der Waals surface area contributed by atoms with Crippen LogP contribution in [0.3, 0.4) is 0 Å². The van der Waals surface area contributed by atoms with E-state index in [0.29, 0.717) is 24.1 Å². The van der Waals surface area contributed by atoms with Gasteiger partial charge in [0.1, 0.15) is 36.0 Å². The number of hydrogen-bond donors (Lipinski definition) is 2. The predicted molar refractivity (Wildman–Crippen MR) is 142 cm³/mol. The van der Waals surface area contributed by atoms with Crippen molar-refractivity contribution in [2.45, 2.75) is 39.0 Å². The predicted octanol–water partition coefficient (Wildman–Crippen LogP) is 5.57. The molecular formula is C28H31N7O. The van der Waals surface area contributed by atoms with Crippen LogP contribution in [0.15, 0.2) is 67.5 Å². The van der Waals surface area contributed by atoms with Crippen molar-refractivity contribution in [1.29, 1.82) is 0 Å². The zero-order valence-electron chi connectivity index (χ0n) is 20.7. The van der Waals surface area contributed by atoms with Gasteiger partial charge in [0.05, 0.1) is 5.69 Å². The second-order valence-corrected chi connectivity index (χ2v) is 8.83. The number of ether oxygens (including phenoxy) is 1. The number of nitrogens with zero attached hydrogens (tertiary/aromatic N) is 5.